The van der Waals surface area contributed by atoms with Crippen molar-refractivity contribution in [2.45, 2.75) is 25.0 Å². The van der Waals surface area contributed by atoms with Crippen LogP contribution in [0.1, 0.15) is 24.9 Å². The van der Waals surface area contributed by atoms with Crippen molar-refractivity contribution in [2.75, 3.05) is 11.5 Å². The molecule has 6 heteroatoms. The largest absolute Gasteiger partial charge is 0.379 e. The van der Waals surface area contributed by atoms with E-state index in [2.05, 4.69) is 10.3 Å². The van der Waals surface area contributed by atoms with E-state index < -0.39 is 5.60 Å². The smallest absolute Gasteiger partial charge is 0.253 e. The molecule has 1 aliphatic rings. The second-order valence-corrected chi connectivity index (χ2v) is 6.70. The van der Waals surface area contributed by atoms with E-state index in [1.807, 2.05) is 42.0 Å². The van der Waals surface area contributed by atoms with E-state index in [1.54, 1.807) is 24.3 Å². The van der Waals surface area contributed by atoms with Gasteiger partial charge in [-0.15, -0.1) is 0 Å². The van der Waals surface area contributed by atoms with Crippen molar-refractivity contribution in [2.24, 2.45) is 0 Å². The first-order valence-corrected chi connectivity index (χ1v) is 8.43. The molecular weight excluding hydrogens is 298 g/mol. The summed E-state index contributed by atoms with van der Waals surface area (Å²) in [6, 6.07) is 7.76. The third-order valence-electron chi connectivity index (χ3n) is 3.94. The number of carbonyl (C=O) groups is 1. The molecule has 2 unspecified atom stereocenters. The SMILES string of the molecule is CC(NC(=O)C1(O)CCSC1)c1cccc(-n2ccnc2)c1. The Bertz CT molecular complexity index is 651. The van der Waals surface area contributed by atoms with Crippen molar-refractivity contribution in [3.05, 3.63) is 48.5 Å². The van der Waals surface area contributed by atoms with Crippen molar-refractivity contribution in [1.29, 1.82) is 0 Å². The summed E-state index contributed by atoms with van der Waals surface area (Å²) < 4.78 is 1.92. The van der Waals surface area contributed by atoms with Crippen LogP contribution in [0.5, 0.6) is 0 Å². The number of hydrogen-bond acceptors (Lipinski definition) is 4. The lowest BCUT2D eigenvalue weighted by Gasteiger charge is -2.24. The molecule has 1 fully saturated rings. The topological polar surface area (TPSA) is 67.2 Å². The maximum Gasteiger partial charge on any atom is 0.253 e. The first-order valence-electron chi connectivity index (χ1n) is 7.28. The summed E-state index contributed by atoms with van der Waals surface area (Å²) in [5.41, 5.74) is 0.765. The maximum atomic E-state index is 12.3. The molecule has 2 aromatic rings. The fourth-order valence-corrected chi connectivity index (χ4v) is 3.75. The molecule has 2 N–H and O–H groups in total. The number of hydrogen-bond donors (Lipinski definition) is 2. The molecule has 5 nitrogen and oxygen atoms in total. The van der Waals surface area contributed by atoms with Gasteiger partial charge in [0.25, 0.3) is 5.91 Å². The third kappa shape index (κ3) is 3.03. The average molecular weight is 317 g/mol. The lowest BCUT2D eigenvalue weighted by atomic mass is 10.0. The van der Waals surface area contributed by atoms with Gasteiger partial charge in [-0.05, 0) is 36.8 Å². The monoisotopic (exact) mass is 317 g/mol. The van der Waals surface area contributed by atoms with Crippen LogP contribution in [0.25, 0.3) is 5.69 Å². The fraction of sp³-hybridized carbons (Fsp3) is 0.375. The Morgan fingerprint density at radius 2 is 2.41 bits per heavy atom. The molecule has 2 heterocycles. The molecule has 1 aromatic carbocycles. The predicted molar refractivity (Wildman–Crippen MR) is 87.0 cm³/mol. The molecule has 2 atom stereocenters. The van der Waals surface area contributed by atoms with Crippen molar-refractivity contribution in [3.8, 4) is 5.69 Å². The Morgan fingerprint density at radius 3 is 3.09 bits per heavy atom. The van der Waals surface area contributed by atoms with Gasteiger partial charge < -0.3 is 15.0 Å². The number of nitrogens with one attached hydrogen (secondary N) is 1. The lowest BCUT2D eigenvalue weighted by Crippen LogP contribution is -2.47. The minimum atomic E-state index is -1.22. The van der Waals surface area contributed by atoms with Crippen molar-refractivity contribution >= 4 is 17.7 Å². The molecule has 3 rings (SSSR count). The number of aromatic nitrogens is 2. The van der Waals surface area contributed by atoms with Crippen LogP contribution in [0.3, 0.4) is 0 Å². The molecule has 0 saturated carbocycles. The summed E-state index contributed by atoms with van der Waals surface area (Å²) in [5.74, 6) is 1.02. The molecule has 1 aliphatic heterocycles. The van der Waals surface area contributed by atoms with E-state index in [9.17, 15) is 9.90 Å². The average Bonchev–Trinajstić information content (AvgIpc) is 3.19. The van der Waals surface area contributed by atoms with Crippen LogP contribution in [0, 0.1) is 0 Å². The zero-order chi connectivity index (χ0) is 15.6. The van der Waals surface area contributed by atoms with Gasteiger partial charge in [0.2, 0.25) is 0 Å². The zero-order valence-corrected chi connectivity index (χ0v) is 13.2. The van der Waals surface area contributed by atoms with Crippen LogP contribution >= 0.6 is 11.8 Å². The number of thioether (sulfide) groups is 1. The van der Waals surface area contributed by atoms with Gasteiger partial charge in [-0.1, -0.05) is 12.1 Å². The van der Waals surface area contributed by atoms with Crippen LogP contribution in [0.4, 0.5) is 0 Å². The van der Waals surface area contributed by atoms with Crippen LogP contribution in [-0.4, -0.2) is 37.7 Å². The van der Waals surface area contributed by atoms with Crippen LogP contribution in [-0.2, 0) is 4.79 Å². The molecule has 116 valence electrons. The molecule has 0 aliphatic carbocycles. The Kier molecular flexibility index (Phi) is 4.22. The van der Waals surface area contributed by atoms with Crippen molar-refractivity contribution < 1.29 is 9.90 Å². The molecule has 0 bridgehead atoms. The van der Waals surface area contributed by atoms with Gasteiger partial charge >= 0.3 is 0 Å². The summed E-state index contributed by atoms with van der Waals surface area (Å²) in [6.45, 7) is 1.93. The van der Waals surface area contributed by atoms with Crippen molar-refractivity contribution in [1.82, 2.24) is 14.9 Å². The van der Waals surface area contributed by atoms with Gasteiger partial charge in [-0.3, -0.25) is 4.79 Å². The van der Waals surface area contributed by atoms with E-state index in [0.29, 0.717) is 12.2 Å². The second kappa shape index (κ2) is 6.14. The molecule has 0 radical (unpaired) electrons. The Labute approximate surface area is 133 Å². The minimum absolute atomic E-state index is 0.161. The van der Waals surface area contributed by atoms with E-state index in [0.717, 1.165) is 17.0 Å². The van der Waals surface area contributed by atoms with E-state index in [-0.39, 0.29) is 11.9 Å². The Morgan fingerprint density at radius 1 is 1.55 bits per heavy atom. The fourth-order valence-electron chi connectivity index (χ4n) is 2.51. The number of nitrogens with zero attached hydrogens (tertiary/aromatic N) is 2. The van der Waals surface area contributed by atoms with Gasteiger partial charge in [-0.25, -0.2) is 4.98 Å². The lowest BCUT2D eigenvalue weighted by molar-refractivity contribution is -0.137. The molecule has 1 saturated heterocycles. The van der Waals surface area contributed by atoms with Gasteiger partial charge in [0.15, 0.2) is 5.60 Å². The number of imidazole rings is 1. The number of carbonyl (C=O) groups excluding carboxylic acids is 1. The Balaban J connectivity index is 1.74. The van der Waals surface area contributed by atoms with E-state index in [1.165, 1.54) is 0 Å². The van der Waals surface area contributed by atoms with Crippen LogP contribution in [0.2, 0.25) is 0 Å². The highest BCUT2D eigenvalue weighted by atomic mass is 32.2. The Hall–Kier alpha value is -1.79. The quantitative estimate of drug-likeness (QED) is 0.904. The first-order chi connectivity index (χ1) is 10.6. The standard InChI is InChI=1S/C16H19N3O2S/c1-12(18-15(20)16(21)5-8-22-10-16)13-3-2-4-14(9-13)19-7-6-17-11-19/h2-4,6-7,9,11-12,21H,5,8,10H2,1H3,(H,18,20). The molecular formula is C16H19N3O2S. The van der Waals surface area contributed by atoms with Gasteiger partial charge in [0.1, 0.15) is 0 Å². The molecule has 1 aromatic heterocycles. The number of amides is 1. The number of rotatable bonds is 4. The molecule has 0 spiro atoms. The minimum Gasteiger partial charge on any atom is -0.379 e. The highest BCUT2D eigenvalue weighted by Crippen LogP contribution is 2.28. The second-order valence-electron chi connectivity index (χ2n) is 5.59. The highest BCUT2D eigenvalue weighted by molar-refractivity contribution is 7.99. The van der Waals surface area contributed by atoms with Gasteiger partial charge in [0.05, 0.1) is 12.4 Å². The van der Waals surface area contributed by atoms with E-state index in [4.69, 9.17) is 0 Å². The first kappa shape index (κ1) is 15.1. The van der Waals surface area contributed by atoms with E-state index >= 15 is 0 Å². The summed E-state index contributed by atoms with van der Waals surface area (Å²) in [5, 5.41) is 13.2. The van der Waals surface area contributed by atoms with Crippen LogP contribution < -0.4 is 5.32 Å². The predicted octanol–water partition coefficient (Wildman–Crippen LogP) is 1.92. The normalized spacial score (nSPS) is 22.5. The summed E-state index contributed by atoms with van der Waals surface area (Å²) >= 11 is 1.61. The zero-order valence-electron chi connectivity index (χ0n) is 12.4. The van der Waals surface area contributed by atoms with Crippen LogP contribution in [0.15, 0.2) is 43.0 Å². The maximum absolute atomic E-state index is 12.3. The number of benzene rings is 1. The molecule has 1 amide bonds. The summed E-state index contributed by atoms with van der Waals surface area (Å²) in [4.78, 5) is 16.3. The van der Waals surface area contributed by atoms with Crippen molar-refractivity contribution in [3.63, 3.8) is 0 Å². The van der Waals surface area contributed by atoms with Gasteiger partial charge in [-0.2, -0.15) is 11.8 Å². The summed E-state index contributed by atoms with van der Waals surface area (Å²) in [7, 11) is 0. The molecule has 22 heavy (non-hydrogen) atoms. The highest BCUT2D eigenvalue weighted by Gasteiger charge is 2.39. The number of aliphatic hydroxyl groups is 1. The van der Waals surface area contributed by atoms with Gasteiger partial charge in [0, 0.05) is 23.8 Å². The summed E-state index contributed by atoms with van der Waals surface area (Å²) in [6.07, 6.45) is 5.86. The third-order valence-corrected chi connectivity index (χ3v) is 5.12.